The van der Waals surface area contributed by atoms with Gasteiger partial charge in [-0.2, -0.15) is 0 Å². The van der Waals surface area contributed by atoms with Crippen LogP contribution in [0, 0.1) is 5.82 Å². The molecule has 0 atom stereocenters. The van der Waals surface area contributed by atoms with Crippen LogP contribution in [-0.4, -0.2) is 31.7 Å². The third-order valence-electron chi connectivity index (χ3n) is 5.22. The second-order valence-corrected chi connectivity index (χ2v) is 11.7. The second kappa shape index (κ2) is 9.24. The van der Waals surface area contributed by atoms with Crippen molar-refractivity contribution in [3.63, 3.8) is 0 Å². The summed E-state index contributed by atoms with van der Waals surface area (Å²) in [5.74, 6) is -0.442. The molecule has 4 rings (SSSR count). The molecule has 0 spiro atoms. The van der Waals surface area contributed by atoms with Crippen LogP contribution >= 0.6 is 46.1 Å². The minimum atomic E-state index is -3.51. The van der Waals surface area contributed by atoms with Crippen molar-refractivity contribution in [1.29, 1.82) is 0 Å². The Morgan fingerprint density at radius 3 is 2.39 bits per heavy atom. The highest BCUT2D eigenvalue weighted by atomic mass is 35.5. The number of thiazole rings is 1. The van der Waals surface area contributed by atoms with Gasteiger partial charge in [0.1, 0.15) is 5.82 Å². The Bertz CT molecular complexity index is 1190. The van der Waals surface area contributed by atoms with Crippen molar-refractivity contribution < 1.29 is 12.8 Å². The molecule has 0 amide bonds. The lowest BCUT2D eigenvalue weighted by Crippen LogP contribution is -2.39. The lowest BCUT2D eigenvalue weighted by Gasteiger charge is -2.31. The number of hydrogen-bond donors (Lipinski definition) is 0. The van der Waals surface area contributed by atoms with Gasteiger partial charge in [0.25, 0.3) is 0 Å². The first-order valence-electron chi connectivity index (χ1n) is 9.55. The van der Waals surface area contributed by atoms with Crippen molar-refractivity contribution in [2.45, 2.75) is 29.4 Å². The SMILES string of the molecule is O=S(=O)(c1cc(Cl)cc(Cl)c1)C1CCN(c2nc(Cc3ccc(F)c(Cl)c3)cs2)CC1. The highest BCUT2D eigenvalue weighted by molar-refractivity contribution is 7.92. The molecule has 0 radical (unpaired) electrons. The van der Waals surface area contributed by atoms with Gasteiger partial charge in [-0.05, 0) is 48.7 Å². The van der Waals surface area contributed by atoms with Gasteiger partial charge in [-0.3, -0.25) is 0 Å². The van der Waals surface area contributed by atoms with Crippen LogP contribution in [-0.2, 0) is 16.3 Å². The molecule has 2 heterocycles. The number of sulfone groups is 1. The lowest BCUT2D eigenvalue weighted by molar-refractivity contribution is 0.529. The standard InChI is InChI=1S/C21H18Cl3FN2O2S2/c22-14-9-15(23)11-18(10-14)31(28,29)17-3-5-27(6-4-17)21-26-16(12-30-21)7-13-1-2-20(25)19(24)8-13/h1-2,8-12,17H,3-7H2. The van der Waals surface area contributed by atoms with Crippen molar-refractivity contribution in [3.8, 4) is 0 Å². The van der Waals surface area contributed by atoms with E-state index in [-0.39, 0.29) is 9.92 Å². The molecule has 3 aromatic rings. The molecule has 0 bridgehead atoms. The van der Waals surface area contributed by atoms with Crippen LogP contribution in [0.3, 0.4) is 0 Å². The van der Waals surface area contributed by atoms with Crippen LogP contribution in [0.4, 0.5) is 9.52 Å². The normalized spacial score (nSPS) is 15.4. The average Bonchev–Trinajstić information content (AvgIpc) is 3.18. The molecule has 0 unspecified atom stereocenters. The summed E-state index contributed by atoms with van der Waals surface area (Å²) in [5.41, 5.74) is 1.75. The number of halogens is 4. The van der Waals surface area contributed by atoms with E-state index in [2.05, 4.69) is 9.88 Å². The van der Waals surface area contributed by atoms with Crippen LogP contribution < -0.4 is 4.90 Å². The Hall–Kier alpha value is -1.38. The van der Waals surface area contributed by atoms with Crippen LogP contribution in [0.15, 0.2) is 46.7 Å². The predicted octanol–water partition coefficient (Wildman–Crippen LogP) is 6.28. The van der Waals surface area contributed by atoms with E-state index in [9.17, 15) is 12.8 Å². The maximum Gasteiger partial charge on any atom is 0.185 e. The van der Waals surface area contributed by atoms with E-state index in [1.807, 2.05) is 5.38 Å². The molecule has 31 heavy (non-hydrogen) atoms. The molecule has 0 aliphatic carbocycles. The van der Waals surface area contributed by atoms with E-state index in [0.29, 0.717) is 42.4 Å². The third kappa shape index (κ3) is 5.17. The molecule has 10 heteroatoms. The summed E-state index contributed by atoms with van der Waals surface area (Å²) in [6.07, 6.45) is 1.54. The predicted molar refractivity (Wildman–Crippen MR) is 125 cm³/mol. The molecule has 1 aliphatic heterocycles. The number of rotatable bonds is 5. The van der Waals surface area contributed by atoms with Gasteiger partial charge in [-0.1, -0.05) is 40.9 Å². The summed E-state index contributed by atoms with van der Waals surface area (Å²) in [7, 11) is -3.51. The summed E-state index contributed by atoms with van der Waals surface area (Å²) >= 11 is 19.3. The van der Waals surface area contributed by atoms with E-state index in [4.69, 9.17) is 34.8 Å². The zero-order valence-electron chi connectivity index (χ0n) is 16.2. The van der Waals surface area contributed by atoms with Gasteiger partial charge in [0, 0.05) is 34.9 Å². The Balaban J connectivity index is 1.41. The summed E-state index contributed by atoms with van der Waals surface area (Å²) in [5, 5.41) is 3.03. The first kappa shape index (κ1) is 22.8. The third-order valence-corrected chi connectivity index (χ3v) is 9.14. The van der Waals surface area contributed by atoms with E-state index < -0.39 is 20.9 Å². The fourth-order valence-corrected chi connectivity index (χ4v) is 7.16. The first-order chi connectivity index (χ1) is 14.7. The minimum absolute atomic E-state index is 0.0947. The summed E-state index contributed by atoms with van der Waals surface area (Å²) in [6.45, 7) is 1.18. The highest BCUT2D eigenvalue weighted by Gasteiger charge is 2.32. The zero-order valence-corrected chi connectivity index (χ0v) is 20.1. The van der Waals surface area contributed by atoms with Crippen molar-refractivity contribution in [2.24, 2.45) is 0 Å². The molecule has 1 fully saturated rings. The van der Waals surface area contributed by atoms with Gasteiger partial charge < -0.3 is 4.90 Å². The van der Waals surface area contributed by atoms with Crippen LogP contribution in [0.1, 0.15) is 24.1 Å². The zero-order chi connectivity index (χ0) is 22.2. The maximum atomic E-state index is 13.3. The number of hydrogen-bond acceptors (Lipinski definition) is 5. The van der Waals surface area contributed by atoms with E-state index in [1.165, 1.54) is 35.6 Å². The van der Waals surface area contributed by atoms with Crippen LogP contribution in [0.25, 0.3) is 0 Å². The van der Waals surface area contributed by atoms with Gasteiger partial charge >= 0.3 is 0 Å². The summed E-state index contributed by atoms with van der Waals surface area (Å²) in [4.78, 5) is 6.94. The fraction of sp³-hybridized carbons (Fsp3) is 0.286. The van der Waals surface area contributed by atoms with Crippen LogP contribution in [0.2, 0.25) is 15.1 Å². The Kier molecular flexibility index (Phi) is 6.79. The van der Waals surface area contributed by atoms with E-state index >= 15 is 0 Å². The molecule has 1 aliphatic rings. The Morgan fingerprint density at radius 1 is 1.06 bits per heavy atom. The molecule has 0 N–H and O–H groups in total. The first-order valence-corrected chi connectivity index (χ1v) is 13.1. The van der Waals surface area contributed by atoms with E-state index in [1.54, 1.807) is 12.1 Å². The monoisotopic (exact) mass is 518 g/mol. The summed E-state index contributed by atoms with van der Waals surface area (Å²) < 4.78 is 39.4. The topological polar surface area (TPSA) is 50.3 Å². The smallest absolute Gasteiger partial charge is 0.185 e. The van der Waals surface area contributed by atoms with Crippen molar-refractivity contribution in [2.75, 3.05) is 18.0 Å². The average molecular weight is 520 g/mol. The van der Waals surface area contributed by atoms with Gasteiger partial charge in [0.05, 0.1) is 20.9 Å². The fourth-order valence-electron chi connectivity index (χ4n) is 3.62. The highest BCUT2D eigenvalue weighted by Crippen LogP contribution is 2.32. The van der Waals surface area contributed by atoms with Crippen LogP contribution in [0.5, 0.6) is 0 Å². The van der Waals surface area contributed by atoms with Gasteiger partial charge in [0.2, 0.25) is 0 Å². The number of anilines is 1. The van der Waals surface area contributed by atoms with Gasteiger partial charge in [-0.25, -0.2) is 17.8 Å². The summed E-state index contributed by atoms with van der Waals surface area (Å²) in [6, 6.07) is 9.06. The van der Waals surface area contributed by atoms with Crippen molar-refractivity contribution in [3.05, 3.63) is 73.9 Å². The largest absolute Gasteiger partial charge is 0.348 e. The quantitative estimate of drug-likeness (QED) is 0.398. The van der Waals surface area contributed by atoms with Crippen molar-refractivity contribution >= 4 is 61.1 Å². The molecule has 0 saturated carbocycles. The number of aromatic nitrogens is 1. The minimum Gasteiger partial charge on any atom is -0.348 e. The van der Waals surface area contributed by atoms with E-state index in [0.717, 1.165) is 16.4 Å². The number of benzene rings is 2. The molecular weight excluding hydrogens is 502 g/mol. The Labute approximate surface area is 199 Å². The molecule has 4 nitrogen and oxygen atoms in total. The van der Waals surface area contributed by atoms with Gasteiger partial charge in [-0.15, -0.1) is 11.3 Å². The number of nitrogens with zero attached hydrogens (tertiary/aromatic N) is 2. The molecule has 164 valence electrons. The molecule has 2 aromatic carbocycles. The molecular formula is C21H18Cl3FN2O2S2. The number of piperidine rings is 1. The molecule has 1 aromatic heterocycles. The van der Waals surface area contributed by atoms with Crippen molar-refractivity contribution in [1.82, 2.24) is 4.98 Å². The maximum absolute atomic E-state index is 13.3. The molecule has 1 saturated heterocycles. The lowest BCUT2D eigenvalue weighted by atomic mass is 10.1. The second-order valence-electron chi connectivity index (χ2n) is 7.38. The van der Waals surface area contributed by atoms with Gasteiger partial charge in [0.15, 0.2) is 15.0 Å². The Morgan fingerprint density at radius 2 is 1.74 bits per heavy atom.